The molecule has 9 heteroatoms. The third-order valence-electron chi connectivity index (χ3n) is 5.81. The van der Waals surface area contributed by atoms with E-state index in [1.165, 1.54) is 6.07 Å². The minimum absolute atomic E-state index is 0.00522. The summed E-state index contributed by atoms with van der Waals surface area (Å²) in [6.07, 6.45) is 4.04. The van der Waals surface area contributed by atoms with Crippen LogP contribution in [0.5, 0.6) is 5.75 Å². The van der Waals surface area contributed by atoms with Gasteiger partial charge in [-0.1, -0.05) is 19.9 Å². The minimum atomic E-state index is -0.562. The molecule has 1 atom stereocenters. The molecular formula is C23H28N4O4S. The number of phenols is 1. The number of nitro groups is 1. The summed E-state index contributed by atoms with van der Waals surface area (Å²) in [7, 11) is 0. The summed E-state index contributed by atoms with van der Waals surface area (Å²) < 4.78 is 0. The highest BCUT2D eigenvalue weighted by atomic mass is 32.1. The van der Waals surface area contributed by atoms with E-state index in [9.17, 15) is 20.0 Å². The number of nitro benzene ring substituents is 1. The lowest BCUT2D eigenvalue weighted by Gasteiger charge is -2.28. The Hall–Kier alpha value is -3.20. The summed E-state index contributed by atoms with van der Waals surface area (Å²) in [4.78, 5) is 25.8. The number of phenolic OH excluding ortho intramolecular Hbond substituents is 1. The maximum absolute atomic E-state index is 12.7. The molecule has 8 nitrogen and oxygen atoms in total. The highest BCUT2D eigenvalue weighted by Crippen LogP contribution is 2.32. The Bertz CT molecular complexity index is 1020. The number of piperidine rings is 1. The summed E-state index contributed by atoms with van der Waals surface area (Å²) >= 11 is 5.23. The number of carbonyl (C=O) groups excluding carboxylic acids is 1. The van der Waals surface area contributed by atoms with Crippen LogP contribution in [0.4, 0.5) is 17.1 Å². The van der Waals surface area contributed by atoms with Gasteiger partial charge in [0.2, 0.25) is 0 Å². The second-order valence-electron chi connectivity index (χ2n) is 8.00. The normalized spacial score (nSPS) is 14.5. The standard InChI is InChI=1S/C23H28N4O4S/c1-3-15(2)16-8-10-21(28)18(13-16)24-23(32)25-22(29)17-7-9-19(20(14-17)27(30)31)26-11-5-4-6-12-26/h7-10,13-15,28H,3-6,11-12H2,1-2H3,(H2,24,25,29,32). The largest absolute Gasteiger partial charge is 0.506 e. The molecule has 3 rings (SSSR count). The Morgan fingerprint density at radius 3 is 2.59 bits per heavy atom. The summed E-state index contributed by atoms with van der Waals surface area (Å²) in [6.45, 7) is 5.68. The van der Waals surface area contributed by atoms with E-state index in [4.69, 9.17) is 12.2 Å². The zero-order chi connectivity index (χ0) is 23.3. The van der Waals surface area contributed by atoms with Gasteiger partial charge in [-0.15, -0.1) is 0 Å². The number of nitrogens with zero attached hydrogens (tertiary/aromatic N) is 2. The predicted molar refractivity (Wildman–Crippen MR) is 130 cm³/mol. The monoisotopic (exact) mass is 456 g/mol. The van der Waals surface area contributed by atoms with Crippen molar-refractivity contribution >= 4 is 40.3 Å². The van der Waals surface area contributed by atoms with Crippen LogP contribution in [0.2, 0.25) is 0 Å². The van der Waals surface area contributed by atoms with Crippen molar-refractivity contribution in [3.8, 4) is 5.75 Å². The predicted octanol–water partition coefficient (Wildman–Crippen LogP) is 4.93. The number of carbonyl (C=O) groups is 1. The number of amides is 1. The van der Waals surface area contributed by atoms with Crippen LogP contribution < -0.4 is 15.5 Å². The van der Waals surface area contributed by atoms with Gasteiger partial charge in [-0.3, -0.25) is 20.2 Å². The number of benzene rings is 2. The molecule has 1 fully saturated rings. The molecule has 0 aromatic heterocycles. The van der Waals surface area contributed by atoms with E-state index in [2.05, 4.69) is 24.5 Å². The van der Waals surface area contributed by atoms with E-state index in [1.54, 1.807) is 24.3 Å². The number of hydrogen-bond donors (Lipinski definition) is 3. The van der Waals surface area contributed by atoms with E-state index in [1.807, 2.05) is 11.0 Å². The van der Waals surface area contributed by atoms with Crippen molar-refractivity contribution in [1.82, 2.24) is 5.32 Å². The third-order valence-corrected chi connectivity index (χ3v) is 6.01. The average Bonchev–Trinajstić information content (AvgIpc) is 2.80. The van der Waals surface area contributed by atoms with Gasteiger partial charge >= 0.3 is 0 Å². The van der Waals surface area contributed by atoms with Gasteiger partial charge in [0, 0.05) is 24.7 Å². The lowest BCUT2D eigenvalue weighted by Crippen LogP contribution is -2.34. The first-order chi connectivity index (χ1) is 15.3. The number of rotatable bonds is 6. The van der Waals surface area contributed by atoms with Gasteiger partial charge in [0.05, 0.1) is 10.6 Å². The highest BCUT2D eigenvalue weighted by Gasteiger charge is 2.23. The van der Waals surface area contributed by atoms with Gasteiger partial charge in [0.1, 0.15) is 11.4 Å². The molecule has 0 saturated carbocycles. The lowest BCUT2D eigenvalue weighted by molar-refractivity contribution is -0.384. The zero-order valence-corrected chi connectivity index (χ0v) is 19.1. The molecule has 2 aromatic rings. The number of nitrogens with one attached hydrogen (secondary N) is 2. The first-order valence-corrected chi connectivity index (χ1v) is 11.2. The number of thiocarbonyl (C=S) groups is 1. The maximum atomic E-state index is 12.7. The Morgan fingerprint density at radius 2 is 1.94 bits per heavy atom. The average molecular weight is 457 g/mol. The lowest BCUT2D eigenvalue weighted by atomic mass is 9.98. The van der Waals surface area contributed by atoms with Crippen molar-refractivity contribution in [3.63, 3.8) is 0 Å². The summed E-state index contributed by atoms with van der Waals surface area (Å²) in [5.74, 6) is -0.248. The van der Waals surface area contributed by atoms with Crippen molar-refractivity contribution < 1.29 is 14.8 Å². The van der Waals surface area contributed by atoms with Gasteiger partial charge in [-0.05, 0) is 73.6 Å². The number of anilines is 2. The molecule has 170 valence electrons. The fraction of sp³-hybridized carbons (Fsp3) is 0.391. The Balaban J connectivity index is 1.73. The molecule has 0 aliphatic carbocycles. The molecule has 0 bridgehead atoms. The zero-order valence-electron chi connectivity index (χ0n) is 18.3. The molecule has 1 heterocycles. The first kappa shape index (κ1) is 23.5. The van der Waals surface area contributed by atoms with Crippen LogP contribution in [0.3, 0.4) is 0 Å². The summed E-state index contributed by atoms with van der Waals surface area (Å²) in [5.41, 5.74) is 1.99. The van der Waals surface area contributed by atoms with Crippen molar-refractivity contribution in [3.05, 3.63) is 57.6 Å². The van der Waals surface area contributed by atoms with Gasteiger partial charge in [-0.25, -0.2) is 0 Å². The molecule has 1 amide bonds. The molecule has 0 radical (unpaired) electrons. The smallest absolute Gasteiger partial charge is 0.293 e. The Labute approximate surface area is 192 Å². The van der Waals surface area contributed by atoms with Gasteiger partial charge in [0.15, 0.2) is 5.11 Å². The van der Waals surface area contributed by atoms with Crippen LogP contribution in [0.1, 0.15) is 61.4 Å². The van der Waals surface area contributed by atoms with Crippen LogP contribution >= 0.6 is 12.2 Å². The van der Waals surface area contributed by atoms with E-state index in [-0.39, 0.29) is 22.1 Å². The van der Waals surface area contributed by atoms with E-state index < -0.39 is 10.8 Å². The Kier molecular flexibility index (Phi) is 7.63. The minimum Gasteiger partial charge on any atom is -0.506 e. The summed E-state index contributed by atoms with van der Waals surface area (Å²) in [5, 5.41) is 27.1. The maximum Gasteiger partial charge on any atom is 0.293 e. The molecule has 3 N–H and O–H groups in total. The van der Waals surface area contributed by atoms with Crippen LogP contribution in [0, 0.1) is 10.1 Å². The Morgan fingerprint density at radius 1 is 1.22 bits per heavy atom. The molecular weight excluding hydrogens is 428 g/mol. The number of hydrogen-bond acceptors (Lipinski definition) is 6. The van der Waals surface area contributed by atoms with E-state index in [0.29, 0.717) is 17.3 Å². The van der Waals surface area contributed by atoms with Crippen molar-refractivity contribution in [2.75, 3.05) is 23.3 Å². The molecule has 1 aliphatic rings. The molecule has 1 saturated heterocycles. The van der Waals surface area contributed by atoms with Gasteiger partial charge < -0.3 is 15.3 Å². The van der Waals surface area contributed by atoms with Crippen LogP contribution in [-0.4, -0.2) is 34.1 Å². The topological polar surface area (TPSA) is 108 Å². The van der Waals surface area contributed by atoms with E-state index >= 15 is 0 Å². The summed E-state index contributed by atoms with van der Waals surface area (Å²) in [6, 6.07) is 9.69. The van der Waals surface area contributed by atoms with Crippen LogP contribution in [0.15, 0.2) is 36.4 Å². The highest BCUT2D eigenvalue weighted by molar-refractivity contribution is 7.80. The first-order valence-electron chi connectivity index (χ1n) is 10.8. The van der Waals surface area contributed by atoms with Crippen LogP contribution in [-0.2, 0) is 0 Å². The van der Waals surface area contributed by atoms with Gasteiger partial charge in [0.25, 0.3) is 11.6 Å². The SMILES string of the molecule is CCC(C)c1ccc(O)c(NC(=S)NC(=O)c2ccc(N3CCCCC3)c([N+](=O)[O-])c2)c1. The second kappa shape index (κ2) is 10.4. The van der Waals surface area contributed by atoms with Crippen LogP contribution in [0.25, 0.3) is 0 Å². The van der Waals surface area contributed by atoms with Crippen molar-refractivity contribution in [2.45, 2.75) is 45.4 Å². The quantitative estimate of drug-likeness (QED) is 0.245. The third kappa shape index (κ3) is 5.53. The molecule has 1 unspecified atom stereocenters. The van der Waals surface area contributed by atoms with E-state index in [0.717, 1.165) is 44.3 Å². The van der Waals surface area contributed by atoms with Crippen molar-refractivity contribution in [2.24, 2.45) is 0 Å². The van der Waals surface area contributed by atoms with Gasteiger partial charge in [-0.2, -0.15) is 0 Å². The molecule has 1 aliphatic heterocycles. The fourth-order valence-corrected chi connectivity index (χ4v) is 3.94. The molecule has 2 aromatic carbocycles. The fourth-order valence-electron chi connectivity index (χ4n) is 3.74. The number of aromatic hydroxyl groups is 1. The van der Waals surface area contributed by atoms with Crippen molar-refractivity contribution in [1.29, 1.82) is 0 Å². The second-order valence-corrected chi connectivity index (χ2v) is 8.41. The molecule has 32 heavy (non-hydrogen) atoms. The molecule has 0 spiro atoms.